The SMILES string of the molecule is CC1CCC(CNC2CCc3cc(F)ccc32)C1. The van der Waals surface area contributed by atoms with Crippen LogP contribution in [0.1, 0.15) is 49.8 Å². The molecule has 18 heavy (non-hydrogen) atoms. The van der Waals surface area contributed by atoms with Crippen molar-refractivity contribution in [3.05, 3.63) is 35.1 Å². The maximum atomic E-state index is 13.1. The van der Waals surface area contributed by atoms with Crippen molar-refractivity contribution in [3.8, 4) is 0 Å². The van der Waals surface area contributed by atoms with E-state index in [0.29, 0.717) is 6.04 Å². The molecule has 0 spiro atoms. The lowest BCUT2D eigenvalue weighted by Gasteiger charge is -2.17. The fourth-order valence-corrected chi connectivity index (χ4v) is 3.62. The van der Waals surface area contributed by atoms with Gasteiger partial charge in [-0.15, -0.1) is 0 Å². The van der Waals surface area contributed by atoms with E-state index >= 15 is 0 Å². The number of benzene rings is 1. The van der Waals surface area contributed by atoms with Gasteiger partial charge in [0.15, 0.2) is 0 Å². The van der Waals surface area contributed by atoms with E-state index in [1.807, 2.05) is 6.07 Å². The van der Waals surface area contributed by atoms with E-state index in [-0.39, 0.29) is 5.82 Å². The Labute approximate surface area is 109 Å². The third kappa shape index (κ3) is 2.44. The molecule has 0 heterocycles. The number of nitrogens with one attached hydrogen (secondary N) is 1. The zero-order valence-corrected chi connectivity index (χ0v) is 11.1. The first kappa shape index (κ1) is 12.2. The van der Waals surface area contributed by atoms with Gasteiger partial charge in [0.25, 0.3) is 0 Å². The van der Waals surface area contributed by atoms with Crippen LogP contribution in [0.25, 0.3) is 0 Å². The summed E-state index contributed by atoms with van der Waals surface area (Å²) in [5.41, 5.74) is 2.52. The molecule has 1 aromatic rings. The first-order valence-corrected chi connectivity index (χ1v) is 7.24. The van der Waals surface area contributed by atoms with Gasteiger partial charge >= 0.3 is 0 Å². The molecule has 2 aliphatic rings. The maximum Gasteiger partial charge on any atom is 0.123 e. The van der Waals surface area contributed by atoms with Crippen LogP contribution in [0.4, 0.5) is 4.39 Å². The standard InChI is InChI=1S/C16H22FN/c1-11-2-3-12(8-11)10-18-16-7-4-13-9-14(17)5-6-15(13)16/h5-6,9,11-12,16,18H,2-4,7-8,10H2,1H3. The van der Waals surface area contributed by atoms with Crippen LogP contribution in [0.3, 0.4) is 0 Å². The highest BCUT2D eigenvalue weighted by Crippen LogP contribution is 2.33. The molecule has 1 saturated carbocycles. The fourth-order valence-electron chi connectivity index (χ4n) is 3.62. The second kappa shape index (κ2) is 5.00. The normalized spacial score (nSPS) is 30.7. The Hall–Kier alpha value is -0.890. The number of aryl methyl sites for hydroxylation is 1. The Balaban J connectivity index is 1.59. The molecule has 0 saturated heterocycles. The summed E-state index contributed by atoms with van der Waals surface area (Å²) in [6.45, 7) is 3.49. The molecule has 0 amide bonds. The van der Waals surface area contributed by atoms with Gasteiger partial charge < -0.3 is 5.32 Å². The Morgan fingerprint density at radius 2 is 2.17 bits per heavy atom. The minimum Gasteiger partial charge on any atom is -0.310 e. The summed E-state index contributed by atoms with van der Waals surface area (Å²) < 4.78 is 13.1. The van der Waals surface area contributed by atoms with E-state index in [1.165, 1.54) is 30.4 Å². The monoisotopic (exact) mass is 247 g/mol. The van der Waals surface area contributed by atoms with Crippen LogP contribution in [0.2, 0.25) is 0 Å². The molecular weight excluding hydrogens is 225 g/mol. The second-order valence-corrected chi connectivity index (χ2v) is 6.13. The van der Waals surface area contributed by atoms with E-state index in [2.05, 4.69) is 12.2 Å². The van der Waals surface area contributed by atoms with Crippen molar-refractivity contribution >= 4 is 0 Å². The highest BCUT2D eigenvalue weighted by Gasteiger charge is 2.25. The van der Waals surface area contributed by atoms with E-state index in [4.69, 9.17) is 0 Å². The molecular formula is C16H22FN. The van der Waals surface area contributed by atoms with Gasteiger partial charge in [-0.1, -0.05) is 19.4 Å². The van der Waals surface area contributed by atoms with Crippen LogP contribution < -0.4 is 5.32 Å². The number of rotatable bonds is 3. The zero-order chi connectivity index (χ0) is 12.5. The van der Waals surface area contributed by atoms with Crippen LogP contribution >= 0.6 is 0 Å². The number of hydrogen-bond donors (Lipinski definition) is 1. The van der Waals surface area contributed by atoms with Gasteiger partial charge in [0, 0.05) is 6.04 Å². The predicted octanol–water partition coefficient (Wildman–Crippen LogP) is 3.84. The van der Waals surface area contributed by atoms with Crippen LogP contribution in [0.5, 0.6) is 0 Å². The summed E-state index contributed by atoms with van der Waals surface area (Å²) in [7, 11) is 0. The van der Waals surface area contributed by atoms with Crippen molar-refractivity contribution in [1.29, 1.82) is 0 Å². The first-order chi connectivity index (χ1) is 8.72. The molecule has 0 aromatic heterocycles. The van der Waals surface area contributed by atoms with Crippen molar-refractivity contribution in [1.82, 2.24) is 5.32 Å². The summed E-state index contributed by atoms with van der Waals surface area (Å²) in [5.74, 6) is 1.66. The van der Waals surface area contributed by atoms with Crippen LogP contribution in [0.15, 0.2) is 18.2 Å². The molecule has 0 aliphatic heterocycles. The van der Waals surface area contributed by atoms with E-state index in [0.717, 1.165) is 31.2 Å². The summed E-state index contributed by atoms with van der Waals surface area (Å²) in [6.07, 6.45) is 6.28. The third-order valence-corrected chi connectivity index (χ3v) is 4.64. The summed E-state index contributed by atoms with van der Waals surface area (Å²) in [4.78, 5) is 0. The average Bonchev–Trinajstić information content (AvgIpc) is 2.92. The molecule has 0 bridgehead atoms. The molecule has 2 heteroatoms. The quantitative estimate of drug-likeness (QED) is 0.855. The lowest BCUT2D eigenvalue weighted by atomic mass is 10.0. The van der Waals surface area contributed by atoms with E-state index in [1.54, 1.807) is 12.1 Å². The molecule has 1 nitrogen and oxygen atoms in total. The minimum atomic E-state index is -0.0981. The summed E-state index contributed by atoms with van der Waals surface area (Å²) in [5, 5.41) is 3.70. The average molecular weight is 247 g/mol. The molecule has 1 N–H and O–H groups in total. The first-order valence-electron chi connectivity index (χ1n) is 7.24. The van der Waals surface area contributed by atoms with Gasteiger partial charge in [-0.05, 0) is 67.3 Å². The Morgan fingerprint density at radius 3 is 2.94 bits per heavy atom. The van der Waals surface area contributed by atoms with Crippen molar-refractivity contribution in [2.24, 2.45) is 11.8 Å². The largest absolute Gasteiger partial charge is 0.310 e. The Morgan fingerprint density at radius 1 is 1.28 bits per heavy atom. The van der Waals surface area contributed by atoms with E-state index in [9.17, 15) is 4.39 Å². The van der Waals surface area contributed by atoms with Crippen LogP contribution in [-0.4, -0.2) is 6.54 Å². The van der Waals surface area contributed by atoms with Gasteiger partial charge in [-0.3, -0.25) is 0 Å². The molecule has 3 atom stereocenters. The van der Waals surface area contributed by atoms with Gasteiger partial charge in [-0.2, -0.15) is 0 Å². The number of hydrogen-bond acceptors (Lipinski definition) is 1. The number of halogens is 1. The van der Waals surface area contributed by atoms with Gasteiger partial charge in [0.2, 0.25) is 0 Å². The Bertz CT molecular complexity index is 429. The highest BCUT2D eigenvalue weighted by atomic mass is 19.1. The van der Waals surface area contributed by atoms with Crippen molar-refractivity contribution in [2.75, 3.05) is 6.54 Å². The van der Waals surface area contributed by atoms with Crippen LogP contribution in [-0.2, 0) is 6.42 Å². The van der Waals surface area contributed by atoms with E-state index < -0.39 is 0 Å². The van der Waals surface area contributed by atoms with Gasteiger partial charge in [0.05, 0.1) is 0 Å². The summed E-state index contributed by atoms with van der Waals surface area (Å²) in [6, 6.07) is 5.72. The Kier molecular flexibility index (Phi) is 3.38. The van der Waals surface area contributed by atoms with Gasteiger partial charge in [0.1, 0.15) is 5.82 Å². The third-order valence-electron chi connectivity index (χ3n) is 4.64. The predicted molar refractivity (Wildman–Crippen MR) is 72.0 cm³/mol. The van der Waals surface area contributed by atoms with Crippen molar-refractivity contribution in [3.63, 3.8) is 0 Å². The minimum absolute atomic E-state index is 0.0981. The molecule has 3 rings (SSSR count). The molecule has 2 aliphatic carbocycles. The lowest BCUT2D eigenvalue weighted by Crippen LogP contribution is -2.25. The molecule has 1 fully saturated rings. The molecule has 98 valence electrons. The molecule has 1 aromatic carbocycles. The van der Waals surface area contributed by atoms with Crippen molar-refractivity contribution < 1.29 is 4.39 Å². The highest BCUT2D eigenvalue weighted by molar-refractivity contribution is 5.34. The second-order valence-electron chi connectivity index (χ2n) is 6.13. The molecule has 0 radical (unpaired) electrons. The summed E-state index contributed by atoms with van der Waals surface area (Å²) >= 11 is 0. The van der Waals surface area contributed by atoms with Crippen molar-refractivity contribution in [2.45, 2.75) is 45.1 Å². The number of fused-ring (bicyclic) bond motifs is 1. The maximum absolute atomic E-state index is 13.1. The lowest BCUT2D eigenvalue weighted by molar-refractivity contribution is 0.426. The van der Waals surface area contributed by atoms with Crippen LogP contribution in [0, 0.1) is 17.7 Å². The zero-order valence-electron chi connectivity index (χ0n) is 11.1. The van der Waals surface area contributed by atoms with Gasteiger partial charge in [-0.25, -0.2) is 4.39 Å². The molecule has 3 unspecified atom stereocenters. The smallest absolute Gasteiger partial charge is 0.123 e. The topological polar surface area (TPSA) is 12.0 Å². The fraction of sp³-hybridized carbons (Fsp3) is 0.625.